The minimum Gasteiger partial charge on any atom is -0.398 e. The monoisotopic (exact) mass is 315 g/mol. The van der Waals surface area contributed by atoms with E-state index in [-0.39, 0.29) is 12.2 Å². The lowest BCUT2D eigenvalue weighted by molar-refractivity contribution is 0.556. The van der Waals surface area contributed by atoms with E-state index in [9.17, 15) is 12.8 Å². The second kappa shape index (κ2) is 5.47. The molecule has 1 aromatic heterocycles. The highest BCUT2D eigenvalue weighted by Gasteiger charge is 2.20. The van der Waals surface area contributed by atoms with Crippen LogP contribution in [0, 0.1) is 19.7 Å². The fourth-order valence-electron chi connectivity index (χ4n) is 1.61. The van der Waals surface area contributed by atoms with Crippen LogP contribution in [0.25, 0.3) is 0 Å². The molecule has 1 aromatic carbocycles. The maximum atomic E-state index is 13.8. The Morgan fingerprint density at radius 3 is 2.70 bits per heavy atom. The van der Waals surface area contributed by atoms with E-state index in [4.69, 9.17) is 5.73 Å². The number of nitrogens with two attached hydrogens (primary N) is 1. The van der Waals surface area contributed by atoms with E-state index in [1.807, 2.05) is 6.92 Å². The van der Waals surface area contributed by atoms with Crippen LogP contribution in [-0.4, -0.2) is 13.4 Å². The highest BCUT2D eigenvalue weighted by Crippen LogP contribution is 2.21. The number of anilines is 1. The summed E-state index contributed by atoms with van der Waals surface area (Å²) in [5, 5.41) is 2.59. The first-order valence-corrected chi connectivity index (χ1v) is 8.12. The van der Waals surface area contributed by atoms with Gasteiger partial charge in [0.1, 0.15) is 10.7 Å². The van der Waals surface area contributed by atoms with Crippen LogP contribution in [0.1, 0.15) is 16.3 Å². The molecule has 0 aliphatic carbocycles. The van der Waals surface area contributed by atoms with Gasteiger partial charge in [-0.1, -0.05) is 0 Å². The number of hydrogen-bond donors (Lipinski definition) is 2. The van der Waals surface area contributed by atoms with Gasteiger partial charge >= 0.3 is 0 Å². The summed E-state index contributed by atoms with van der Waals surface area (Å²) in [5.41, 5.74) is 6.95. The lowest BCUT2D eigenvalue weighted by Gasteiger charge is -2.09. The van der Waals surface area contributed by atoms with Crippen molar-refractivity contribution in [2.24, 2.45) is 0 Å². The van der Waals surface area contributed by atoms with Gasteiger partial charge in [0.05, 0.1) is 17.2 Å². The lowest BCUT2D eigenvalue weighted by atomic mass is 10.2. The van der Waals surface area contributed by atoms with Gasteiger partial charge in [0.25, 0.3) is 0 Å². The number of hydrogen-bond acceptors (Lipinski definition) is 5. The Balaban J connectivity index is 2.24. The molecule has 0 amide bonds. The zero-order chi connectivity index (χ0) is 14.9. The van der Waals surface area contributed by atoms with Crippen molar-refractivity contribution < 1.29 is 12.8 Å². The summed E-state index contributed by atoms with van der Waals surface area (Å²) in [7, 11) is -3.96. The minimum atomic E-state index is -3.96. The smallest absolute Gasteiger partial charge is 0.243 e. The Kier molecular flexibility index (Phi) is 4.07. The summed E-state index contributed by atoms with van der Waals surface area (Å²) in [6.45, 7) is 3.45. The third-order valence-electron chi connectivity index (χ3n) is 2.72. The molecule has 108 valence electrons. The maximum Gasteiger partial charge on any atom is 0.243 e. The highest BCUT2D eigenvalue weighted by atomic mass is 32.2. The zero-order valence-corrected chi connectivity index (χ0v) is 12.6. The molecule has 1 heterocycles. The van der Waals surface area contributed by atoms with Gasteiger partial charge in [-0.15, -0.1) is 11.3 Å². The summed E-state index contributed by atoms with van der Waals surface area (Å²) >= 11 is 1.42. The summed E-state index contributed by atoms with van der Waals surface area (Å²) in [5.74, 6) is -0.821. The topological polar surface area (TPSA) is 85.1 Å². The number of aromatic nitrogens is 1. The normalized spacial score (nSPS) is 11.8. The van der Waals surface area contributed by atoms with Crippen molar-refractivity contribution in [2.75, 3.05) is 5.73 Å². The van der Waals surface area contributed by atoms with E-state index >= 15 is 0 Å². The lowest BCUT2D eigenvalue weighted by Crippen LogP contribution is -2.24. The zero-order valence-electron chi connectivity index (χ0n) is 11.0. The largest absolute Gasteiger partial charge is 0.398 e. The van der Waals surface area contributed by atoms with Crippen molar-refractivity contribution in [2.45, 2.75) is 25.3 Å². The number of thiazole rings is 1. The van der Waals surface area contributed by atoms with Crippen LogP contribution in [0.2, 0.25) is 0 Å². The first kappa shape index (κ1) is 14.9. The third kappa shape index (κ3) is 3.14. The van der Waals surface area contributed by atoms with Crippen LogP contribution in [0.4, 0.5) is 10.1 Å². The first-order chi connectivity index (χ1) is 9.29. The Bertz CT molecular complexity index is 741. The van der Waals surface area contributed by atoms with Gasteiger partial charge in [0.2, 0.25) is 10.0 Å². The standard InChI is InChI=1S/C12H14FN3O2S2/c1-7-3-10(13)12(4-11(7)14)20(17,18)15-5-9-6-19-8(2)16-9/h3-4,6,15H,5,14H2,1-2H3. The number of halogens is 1. The molecule has 0 unspecified atom stereocenters. The van der Waals surface area contributed by atoms with Crippen LogP contribution in [0.15, 0.2) is 22.4 Å². The van der Waals surface area contributed by atoms with Crippen LogP contribution in [0.5, 0.6) is 0 Å². The Hall–Kier alpha value is -1.51. The van der Waals surface area contributed by atoms with E-state index in [0.717, 1.165) is 17.1 Å². The van der Waals surface area contributed by atoms with Gasteiger partial charge in [0.15, 0.2) is 0 Å². The molecule has 0 aliphatic rings. The van der Waals surface area contributed by atoms with Crippen LogP contribution >= 0.6 is 11.3 Å². The average Bonchev–Trinajstić information content (AvgIpc) is 2.77. The van der Waals surface area contributed by atoms with Gasteiger partial charge in [-0.2, -0.15) is 0 Å². The summed E-state index contributed by atoms with van der Waals surface area (Å²) < 4.78 is 40.2. The molecule has 0 fully saturated rings. The van der Waals surface area contributed by atoms with Crippen LogP contribution in [-0.2, 0) is 16.6 Å². The molecular formula is C12H14FN3O2S2. The van der Waals surface area contributed by atoms with E-state index in [1.54, 1.807) is 12.3 Å². The van der Waals surface area contributed by atoms with Crippen molar-refractivity contribution in [3.63, 3.8) is 0 Å². The first-order valence-electron chi connectivity index (χ1n) is 5.76. The molecule has 8 heteroatoms. The number of nitrogen functional groups attached to an aromatic ring is 1. The summed E-state index contributed by atoms with van der Waals surface area (Å²) in [4.78, 5) is 3.68. The van der Waals surface area contributed by atoms with E-state index in [1.165, 1.54) is 11.3 Å². The van der Waals surface area contributed by atoms with E-state index in [0.29, 0.717) is 11.3 Å². The predicted molar refractivity (Wildman–Crippen MR) is 76.4 cm³/mol. The SMILES string of the molecule is Cc1nc(CNS(=O)(=O)c2cc(N)c(C)cc2F)cs1. The second-order valence-corrected chi connectivity index (χ2v) is 7.12. The van der Waals surface area contributed by atoms with E-state index in [2.05, 4.69) is 9.71 Å². The number of benzene rings is 1. The molecule has 20 heavy (non-hydrogen) atoms. The van der Waals surface area contributed by atoms with Gasteiger partial charge in [-0.25, -0.2) is 22.5 Å². The number of nitrogens with zero attached hydrogens (tertiary/aromatic N) is 1. The molecule has 2 rings (SSSR count). The van der Waals surface area contributed by atoms with E-state index < -0.39 is 20.7 Å². The van der Waals surface area contributed by atoms with Crippen molar-refractivity contribution >= 4 is 27.0 Å². The molecule has 0 radical (unpaired) electrons. The van der Waals surface area contributed by atoms with Gasteiger partial charge < -0.3 is 5.73 Å². The number of aryl methyl sites for hydroxylation is 2. The number of rotatable bonds is 4. The predicted octanol–water partition coefficient (Wildman–Crippen LogP) is 1.96. The molecule has 2 aromatic rings. The van der Waals surface area contributed by atoms with Crippen molar-refractivity contribution in [1.82, 2.24) is 9.71 Å². The highest BCUT2D eigenvalue weighted by molar-refractivity contribution is 7.89. The molecular weight excluding hydrogens is 301 g/mol. The molecule has 0 aliphatic heterocycles. The maximum absolute atomic E-state index is 13.8. The number of sulfonamides is 1. The molecule has 0 bridgehead atoms. The van der Waals surface area contributed by atoms with Crippen molar-refractivity contribution in [1.29, 1.82) is 0 Å². The Labute approximate surface area is 120 Å². The quantitative estimate of drug-likeness (QED) is 0.845. The van der Waals surface area contributed by atoms with Gasteiger partial charge in [-0.3, -0.25) is 0 Å². The second-order valence-electron chi connectivity index (χ2n) is 4.32. The molecule has 0 saturated carbocycles. The van der Waals surface area contributed by atoms with Crippen LogP contribution < -0.4 is 10.5 Å². The summed E-state index contributed by atoms with van der Waals surface area (Å²) in [6.07, 6.45) is 0. The fourth-order valence-corrected chi connectivity index (χ4v) is 3.31. The Morgan fingerprint density at radius 2 is 2.10 bits per heavy atom. The fraction of sp³-hybridized carbons (Fsp3) is 0.250. The van der Waals surface area contributed by atoms with Crippen molar-refractivity contribution in [3.05, 3.63) is 39.6 Å². The molecule has 3 N–H and O–H groups in total. The van der Waals surface area contributed by atoms with Gasteiger partial charge in [0, 0.05) is 11.1 Å². The van der Waals surface area contributed by atoms with Crippen LogP contribution in [0.3, 0.4) is 0 Å². The molecule has 0 atom stereocenters. The summed E-state index contributed by atoms with van der Waals surface area (Å²) in [6, 6.07) is 2.23. The average molecular weight is 315 g/mol. The van der Waals surface area contributed by atoms with Crippen molar-refractivity contribution in [3.8, 4) is 0 Å². The third-order valence-corrected chi connectivity index (χ3v) is 4.96. The molecule has 0 saturated heterocycles. The Morgan fingerprint density at radius 1 is 1.40 bits per heavy atom. The minimum absolute atomic E-state index is 0.0138. The molecule has 5 nitrogen and oxygen atoms in total. The number of nitrogens with one attached hydrogen (secondary N) is 1. The molecule has 0 spiro atoms. The van der Waals surface area contributed by atoms with Gasteiger partial charge in [-0.05, 0) is 31.5 Å².